The van der Waals surface area contributed by atoms with Crippen molar-refractivity contribution in [2.45, 2.75) is 6.92 Å². The predicted molar refractivity (Wildman–Crippen MR) is 90.7 cm³/mol. The molecule has 0 bridgehead atoms. The lowest BCUT2D eigenvalue weighted by molar-refractivity contribution is 0.853. The molecule has 0 saturated heterocycles. The van der Waals surface area contributed by atoms with Crippen LogP contribution >= 0.6 is 22.6 Å². The Bertz CT molecular complexity index is 783. The Kier molecular flexibility index (Phi) is 3.74. The van der Waals surface area contributed by atoms with Crippen molar-refractivity contribution in [2.75, 3.05) is 11.1 Å². The molecule has 0 atom stereocenters. The third-order valence-electron chi connectivity index (χ3n) is 2.96. The van der Waals surface area contributed by atoms with Gasteiger partial charge in [0.15, 0.2) is 5.82 Å². The molecule has 106 valence electrons. The molecule has 3 aromatic rings. The maximum Gasteiger partial charge on any atom is 0.248 e. The highest BCUT2D eigenvalue weighted by Crippen LogP contribution is 2.21. The molecule has 3 rings (SSSR count). The fourth-order valence-electron chi connectivity index (χ4n) is 1.90. The van der Waals surface area contributed by atoms with Crippen molar-refractivity contribution in [3.05, 3.63) is 51.7 Å². The number of hydrogen-bond acceptors (Lipinski definition) is 5. The highest BCUT2D eigenvalue weighted by molar-refractivity contribution is 14.1. The van der Waals surface area contributed by atoms with Crippen molar-refractivity contribution in [3.8, 4) is 5.82 Å². The maximum absolute atomic E-state index is 5.94. The number of nitrogens with one attached hydrogen (secondary N) is 1. The number of para-hydroxylation sites is 1. The van der Waals surface area contributed by atoms with Gasteiger partial charge in [0.05, 0.1) is 3.57 Å². The Hall–Kier alpha value is -2.16. The molecule has 3 N–H and O–H groups in total. The van der Waals surface area contributed by atoms with Gasteiger partial charge in [-0.3, -0.25) is 0 Å². The number of rotatable bonds is 3. The van der Waals surface area contributed by atoms with Crippen molar-refractivity contribution in [2.24, 2.45) is 0 Å². The Morgan fingerprint density at radius 1 is 1.19 bits per heavy atom. The first-order chi connectivity index (χ1) is 10.1. The number of anilines is 3. The number of pyridine rings is 1. The van der Waals surface area contributed by atoms with Crippen LogP contribution in [0.1, 0.15) is 5.56 Å². The van der Waals surface area contributed by atoms with E-state index in [2.05, 4.69) is 43.0 Å². The van der Waals surface area contributed by atoms with Gasteiger partial charge in [0.2, 0.25) is 11.9 Å². The fourth-order valence-corrected chi connectivity index (χ4v) is 2.48. The Labute approximate surface area is 135 Å². The molecule has 0 spiro atoms. The summed E-state index contributed by atoms with van der Waals surface area (Å²) in [5, 5.41) is 7.55. The summed E-state index contributed by atoms with van der Waals surface area (Å²) in [6, 6.07) is 11.7. The number of aromatic nitrogens is 4. The normalized spacial score (nSPS) is 10.6. The minimum atomic E-state index is 0.294. The lowest BCUT2D eigenvalue weighted by Gasteiger charge is -2.05. The highest BCUT2D eigenvalue weighted by Gasteiger charge is 2.12. The minimum Gasteiger partial charge on any atom is -0.368 e. The van der Waals surface area contributed by atoms with Crippen LogP contribution in [0.4, 0.5) is 17.6 Å². The summed E-state index contributed by atoms with van der Waals surface area (Å²) in [6.45, 7) is 2.02. The molecule has 0 aliphatic rings. The first-order valence-electron chi connectivity index (χ1n) is 6.31. The largest absolute Gasteiger partial charge is 0.368 e. The van der Waals surface area contributed by atoms with Crippen LogP contribution in [0.3, 0.4) is 0 Å². The number of nitrogens with two attached hydrogens (primary N) is 1. The summed E-state index contributed by atoms with van der Waals surface area (Å²) in [7, 11) is 0. The standard InChI is InChI=1S/C14H13IN6/c1-9-5-2-3-7-11(9)18-14-19-13(16)21(20-14)12-10(15)6-4-8-17-12/h2-8H,1H3,(H3,16,18,19,20). The highest BCUT2D eigenvalue weighted by atomic mass is 127. The second-order valence-corrected chi connectivity index (χ2v) is 5.62. The molecule has 0 saturated carbocycles. The van der Waals surface area contributed by atoms with E-state index < -0.39 is 0 Å². The van der Waals surface area contributed by atoms with E-state index in [1.807, 2.05) is 43.3 Å². The quantitative estimate of drug-likeness (QED) is 0.670. The topological polar surface area (TPSA) is 81.6 Å². The average molecular weight is 392 g/mol. The average Bonchev–Trinajstić information content (AvgIpc) is 2.83. The van der Waals surface area contributed by atoms with Crippen LogP contribution in [0.25, 0.3) is 5.82 Å². The third-order valence-corrected chi connectivity index (χ3v) is 3.81. The zero-order chi connectivity index (χ0) is 14.8. The van der Waals surface area contributed by atoms with Crippen LogP contribution in [-0.2, 0) is 0 Å². The van der Waals surface area contributed by atoms with Crippen molar-refractivity contribution in [1.29, 1.82) is 0 Å². The molecule has 21 heavy (non-hydrogen) atoms. The van der Waals surface area contributed by atoms with Gasteiger partial charge in [-0.15, -0.1) is 5.10 Å². The van der Waals surface area contributed by atoms with E-state index in [1.54, 1.807) is 6.20 Å². The molecule has 0 radical (unpaired) electrons. The van der Waals surface area contributed by atoms with Crippen LogP contribution in [0.15, 0.2) is 42.6 Å². The van der Waals surface area contributed by atoms with E-state index in [0.29, 0.717) is 17.7 Å². The van der Waals surface area contributed by atoms with Gasteiger partial charge < -0.3 is 11.1 Å². The van der Waals surface area contributed by atoms with Gasteiger partial charge >= 0.3 is 0 Å². The zero-order valence-electron chi connectivity index (χ0n) is 11.3. The van der Waals surface area contributed by atoms with E-state index in [1.165, 1.54) is 4.68 Å². The van der Waals surface area contributed by atoms with E-state index in [9.17, 15) is 0 Å². The van der Waals surface area contributed by atoms with Gasteiger partial charge in [-0.25, -0.2) is 4.98 Å². The molecule has 7 heteroatoms. The molecule has 1 aromatic carbocycles. The summed E-state index contributed by atoms with van der Waals surface area (Å²) in [5.41, 5.74) is 8.00. The lowest BCUT2D eigenvalue weighted by atomic mass is 10.2. The number of hydrogen-bond donors (Lipinski definition) is 2. The SMILES string of the molecule is Cc1ccccc1Nc1nc(N)n(-c2ncccc2I)n1. The van der Waals surface area contributed by atoms with Gasteiger partial charge in [-0.1, -0.05) is 18.2 Å². The number of halogens is 1. The Morgan fingerprint density at radius 3 is 2.76 bits per heavy atom. The van der Waals surface area contributed by atoms with Gasteiger partial charge in [-0.05, 0) is 53.3 Å². The van der Waals surface area contributed by atoms with Crippen LogP contribution in [-0.4, -0.2) is 19.7 Å². The second kappa shape index (κ2) is 5.68. The van der Waals surface area contributed by atoms with Crippen LogP contribution in [0.5, 0.6) is 0 Å². The molecular weight excluding hydrogens is 379 g/mol. The maximum atomic E-state index is 5.94. The molecule has 0 aliphatic heterocycles. The summed E-state index contributed by atoms with van der Waals surface area (Å²) in [6.07, 6.45) is 1.70. The molecular formula is C14H13IN6. The molecule has 0 aliphatic carbocycles. The number of nitrogens with zero attached hydrogens (tertiary/aromatic N) is 4. The Balaban J connectivity index is 1.96. The molecule has 0 unspecified atom stereocenters. The van der Waals surface area contributed by atoms with Crippen LogP contribution < -0.4 is 11.1 Å². The van der Waals surface area contributed by atoms with Gasteiger partial charge in [0, 0.05) is 11.9 Å². The van der Waals surface area contributed by atoms with E-state index >= 15 is 0 Å². The smallest absolute Gasteiger partial charge is 0.248 e. The van der Waals surface area contributed by atoms with Gasteiger partial charge in [0.1, 0.15) is 0 Å². The number of nitrogen functional groups attached to an aromatic ring is 1. The summed E-state index contributed by atoms with van der Waals surface area (Å²) in [4.78, 5) is 8.53. The molecule has 2 heterocycles. The first kappa shape index (κ1) is 13.8. The summed E-state index contributed by atoms with van der Waals surface area (Å²) < 4.78 is 2.48. The summed E-state index contributed by atoms with van der Waals surface area (Å²) >= 11 is 2.19. The molecule has 0 amide bonds. The monoisotopic (exact) mass is 392 g/mol. The third kappa shape index (κ3) is 2.82. The van der Waals surface area contributed by atoms with E-state index in [4.69, 9.17) is 5.73 Å². The number of benzene rings is 1. The van der Waals surface area contributed by atoms with E-state index in [0.717, 1.165) is 14.8 Å². The van der Waals surface area contributed by atoms with Crippen LogP contribution in [0, 0.1) is 10.5 Å². The Morgan fingerprint density at radius 2 is 2.00 bits per heavy atom. The van der Waals surface area contributed by atoms with Gasteiger partial charge in [0.25, 0.3) is 0 Å². The van der Waals surface area contributed by atoms with Crippen molar-refractivity contribution in [1.82, 2.24) is 19.7 Å². The molecule has 0 fully saturated rings. The first-order valence-corrected chi connectivity index (χ1v) is 7.39. The zero-order valence-corrected chi connectivity index (χ0v) is 13.4. The van der Waals surface area contributed by atoms with Crippen molar-refractivity contribution >= 4 is 40.2 Å². The second-order valence-electron chi connectivity index (χ2n) is 4.45. The summed E-state index contributed by atoms with van der Waals surface area (Å²) in [5.74, 6) is 1.41. The minimum absolute atomic E-state index is 0.294. The van der Waals surface area contributed by atoms with Crippen molar-refractivity contribution < 1.29 is 0 Å². The fraction of sp³-hybridized carbons (Fsp3) is 0.0714. The van der Waals surface area contributed by atoms with Crippen molar-refractivity contribution in [3.63, 3.8) is 0 Å². The molecule has 6 nitrogen and oxygen atoms in total. The predicted octanol–water partition coefficient (Wildman–Crippen LogP) is 2.90. The molecule has 2 aromatic heterocycles. The number of aryl methyl sites for hydroxylation is 1. The van der Waals surface area contributed by atoms with Gasteiger partial charge in [-0.2, -0.15) is 9.67 Å². The van der Waals surface area contributed by atoms with Crippen LogP contribution in [0.2, 0.25) is 0 Å². The lowest BCUT2D eigenvalue weighted by Crippen LogP contribution is -2.06. The van der Waals surface area contributed by atoms with E-state index in [-0.39, 0.29) is 0 Å².